The molecule has 1 heterocycles. The quantitative estimate of drug-likeness (QED) is 0.425. The van der Waals surface area contributed by atoms with E-state index >= 15 is 0 Å². The molecule has 4 rings (SSSR count). The molecule has 1 amide bonds. The summed E-state index contributed by atoms with van der Waals surface area (Å²) in [5.74, 6) is -0.300. The molecule has 4 aromatic rings. The molecule has 7 heteroatoms. The van der Waals surface area contributed by atoms with Gasteiger partial charge in [0, 0.05) is 24.2 Å². The van der Waals surface area contributed by atoms with Crippen LogP contribution in [0, 0.1) is 0 Å². The zero-order valence-electron chi connectivity index (χ0n) is 15.0. The third-order valence-corrected chi connectivity index (χ3v) is 5.94. The molecule has 3 aromatic carbocycles. The molecule has 0 atom stereocenters. The molecule has 28 heavy (non-hydrogen) atoms. The molecule has 0 saturated heterocycles. The van der Waals surface area contributed by atoms with Gasteiger partial charge in [-0.05, 0) is 35.0 Å². The van der Waals surface area contributed by atoms with E-state index in [1.807, 2.05) is 47.0 Å². The molecule has 0 N–H and O–H groups in total. The number of rotatable bonds is 4. The molecule has 0 unspecified atom stereocenters. The lowest BCUT2D eigenvalue weighted by molar-refractivity contribution is 0.0997. The molecular formula is C21H16Cl2N2O2S. The van der Waals surface area contributed by atoms with Crippen molar-refractivity contribution in [2.75, 3.05) is 13.7 Å². The highest BCUT2D eigenvalue weighted by Gasteiger charge is 2.13. The van der Waals surface area contributed by atoms with Crippen LogP contribution in [0.25, 0.3) is 21.0 Å². The van der Waals surface area contributed by atoms with Gasteiger partial charge in [0.15, 0.2) is 4.80 Å². The Morgan fingerprint density at radius 1 is 1.11 bits per heavy atom. The molecular weight excluding hydrogens is 415 g/mol. The zero-order valence-corrected chi connectivity index (χ0v) is 17.3. The van der Waals surface area contributed by atoms with Crippen LogP contribution in [-0.4, -0.2) is 24.2 Å². The lowest BCUT2D eigenvalue weighted by Crippen LogP contribution is -2.19. The minimum Gasteiger partial charge on any atom is -0.383 e. The molecule has 0 fully saturated rings. The maximum atomic E-state index is 12.8. The summed E-state index contributed by atoms with van der Waals surface area (Å²) in [6.07, 6.45) is 0. The number of fused-ring (bicyclic) bond motifs is 2. The summed E-state index contributed by atoms with van der Waals surface area (Å²) in [5.41, 5.74) is 1.34. The van der Waals surface area contributed by atoms with Crippen LogP contribution in [0.2, 0.25) is 10.0 Å². The fourth-order valence-electron chi connectivity index (χ4n) is 3.08. The number of methoxy groups -OCH3 is 1. The number of carbonyl (C=O) groups is 1. The Hall–Kier alpha value is -2.18. The van der Waals surface area contributed by atoms with Crippen molar-refractivity contribution in [1.82, 2.24) is 4.57 Å². The van der Waals surface area contributed by atoms with Crippen molar-refractivity contribution in [3.63, 3.8) is 0 Å². The number of amides is 1. The van der Waals surface area contributed by atoms with E-state index in [0.717, 1.165) is 21.0 Å². The predicted octanol–water partition coefficient (Wildman–Crippen LogP) is 5.55. The van der Waals surface area contributed by atoms with Gasteiger partial charge in [-0.25, -0.2) is 0 Å². The minimum atomic E-state index is -0.300. The summed E-state index contributed by atoms with van der Waals surface area (Å²) in [4.78, 5) is 17.8. The number of benzene rings is 3. The first-order chi connectivity index (χ1) is 13.6. The van der Waals surface area contributed by atoms with Crippen LogP contribution < -0.4 is 4.80 Å². The smallest absolute Gasteiger partial charge is 0.279 e. The van der Waals surface area contributed by atoms with Gasteiger partial charge < -0.3 is 9.30 Å². The lowest BCUT2D eigenvalue weighted by Gasteiger charge is -2.06. The first-order valence-corrected chi connectivity index (χ1v) is 10.2. The van der Waals surface area contributed by atoms with Gasteiger partial charge in [-0.2, -0.15) is 4.99 Å². The van der Waals surface area contributed by atoms with Gasteiger partial charge in [-0.15, -0.1) is 0 Å². The van der Waals surface area contributed by atoms with Crippen molar-refractivity contribution in [1.29, 1.82) is 0 Å². The van der Waals surface area contributed by atoms with E-state index in [0.29, 0.717) is 33.6 Å². The first kappa shape index (κ1) is 19.2. The average molecular weight is 431 g/mol. The lowest BCUT2D eigenvalue weighted by atomic mass is 10.1. The minimum absolute atomic E-state index is 0.300. The van der Waals surface area contributed by atoms with E-state index in [1.165, 1.54) is 11.3 Å². The predicted molar refractivity (Wildman–Crippen MR) is 116 cm³/mol. The highest BCUT2D eigenvalue weighted by molar-refractivity contribution is 7.16. The molecule has 0 spiro atoms. The normalized spacial score (nSPS) is 12.2. The topological polar surface area (TPSA) is 43.6 Å². The summed E-state index contributed by atoms with van der Waals surface area (Å²) < 4.78 is 7.99. The first-order valence-electron chi connectivity index (χ1n) is 8.62. The Morgan fingerprint density at radius 3 is 2.68 bits per heavy atom. The van der Waals surface area contributed by atoms with Gasteiger partial charge in [0.05, 0.1) is 21.8 Å². The summed E-state index contributed by atoms with van der Waals surface area (Å²) in [5, 5.41) is 3.15. The molecule has 142 valence electrons. The molecule has 0 aliphatic heterocycles. The molecule has 0 saturated carbocycles. The standard InChI is InChI=1S/C21H16Cl2N2O2S/c1-27-9-8-25-19-17(23)11-16(22)12-18(19)28-21(25)24-20(26)15-7-6-13-4-2-3-5-14(13)10-15/h2-7,10-12H,8-9H2,1H3. The van der Waals surface area contributed by atoms with Crippen LogP contribution >= 0.6 is 34.5 Å². The van der Waals surface area contributed by atoms with Crippen molar-refractivity contribution >= 4 is 61.4 Å². The second kappa shape index (κ2) is 8.05. The van der Waals surface area contributed by atoms with E-state index in [9.17, 15) is 4.79 Å². The number of thiazole rings is 1. The number of hydrogen-bond acceptors (Lipinski definition) is 3. The molecule has 1 aromatic heterocycles. The molecule has 0 radical (unpaired) electrons. The number of nitrogens with zero attached hydrogens (tertiary/aromatic N) is 2. The van der Waals surface area contributed by atoms with Crippen LogP contribution in [0.1, 0.15) is 10.4 Å². The monoisotopic (exact) mass is 430 g/mol. The second-order valence-electron chi connectivity index (χ2n) is 6.24. The SMILES string of the molecule is COCCn1c(=NC(=O)c2ccc3ccccc3c2)sc2cc(Cl)cc(Cl)c21. The maximum Gasteiger partial charge on any atom is 0.279 e. The number of aromatic nitrogens is 1. The Balaban J connectivity index is 1.84. The van der Waals surface area contributed by atoms with Gasteiger partial charge in [-0.1, -0.05) is 64.9 Å². The van der Waals surface area contributed by atoms with Crippen LogP contribution in [0.15, 0.2) is 59.6 Å². The van der Waals surface area contributed by atoms with Gasteiger partial charge >= 0.3 is 0 Å². The second-order valence-corrected chi connectivity index (χ2v) is 8.10. The van der Waals surface area contributed by atoms with Crippen molar-refractivity contribution in [2.45, 2.75) is 6.54 Å². The largest absolute Gasteiger partial charge is 0.383 e. The number of hydrogen-bond donors (Lipinski definition) is 0. The average Bonchev–Trinajstić information content (AvgIpc) is 3.02. The van der Waals surface area contributed by atoms with E-state index in [2.05, 4.69) is 4.99 Å². The Bertz CT molecular complexity index is 1260. The van der Waals surface area contributed by atoms with Gasteiger partial charge in [0.1, 0.15) is 0 Å². The highest BCUT2D eigenvalue weighted by atomic mass is 35.5. The van der Waals surface area contributed by atoms with Crippen molar-refractivity contribution in [2.24, 2.45) is 4.99 Å². The van der Waals surface area contributed by atoms with Crippen LogP contribution in [-0.2, 0) is 11.3 Å². The molecule has 0 aliphatic carbocycles. The van der Waals surface area contributed by atoms with E-state index < -0.39 is 0 Å². The summed E-state index contributed by atoms with van der Waals surface area (Å²) in [7, 11) is 1.63. The van der Waals surface area contributed by atoms with Crippen LogP contribution in [0.3, 0.4) is 0 Å². The molecule has 0 aliphatic rings. The van der Waals surface area contributed by atoms with Crippen molar-refractivity contribution in [3.05, 3.63) is 75.0 Å². The third-order valence-electron chi connectivity index (χ3n) is 4.41. The van der Waals surface area contributed by atoms with E-state index in [-0.39, 0.29) is 5.91 Å². The Labute approximate surface area is 175 Å². The maximum absolute atomic E-state index is 12.8. The number of ether oxygens (including phenoxy) is 1. The van der Waals surface area contributed by atoms with E-state index in [1.54, 1.807) is 19.2 Å². The van der Waals surface area contributed by atoms with Crippen molar-refractivity contribution in [3.8, 4) is 0 Å². The Morgan fingerprint density at radius 2 is 1.89 bits per heavy atom. The summed E-state index contributed by atoms with van der Waals surface area (Å²) >= 11 is 13.9. The molecule has 4 nitrogen and oxygen atoms in total. The third kappa shape index (κ3) is 3.71. The highest BCUT2D eigenvalue weighted by Crippen LogP contribution is 2.29. The van der Waals surface area contributed by atoms with Gasteiger partial charge in [-0.3, -0.25) is 4.79 Å². The van der Waals surface area contributed by atoms with Crippen LogP contribution in [0.4, 0.5) is 0 Å². The van der Waals surface area contributed by atoms with Crippen LogP contribution in [0.5, 0.6) is 0 Å². The number of halogens is 2. The number of carbonyl (C=O) groups excluding carboxylic acids is 1. The van der Waals surface area contributed by atoms with Gasteiger partial charge in [0.25, 0.3) is 5.91 Å². The van der Waals surface area contributed by atoms with E-state index in [4.69, 9.17) is 27.9 Å². The summed E-state index contributed by atoms with van der Waals surface area (Å²) in [6.45, 7) is 1.00. The van der Waals surface area contributed by atoms with Crippen molar-refractivity contribution < 1.29 is 9.53 Å². The summed E-state index contributed by atoms with van der Waals surface area (Å²) in [6, 6.07) is 17.0. The van der Waals surface area contributed by atoms with Gasteiger partial charge in [0.2, 0.25) is 0 Å². The zero-order chi connectivity index (χ0) is 19.7. The fraction of sp³-hybridized carbons (Fsp3) is 0.143. The molecule has 0 bridgehead atoms. The Kier molecular flexibility index (Phi) is 5.51. The fourth-order valence-corrected chi connectivity index (χ4v) is 4.92.